The topological polar surface area (TPSA) is 62.1 Å². The average molecular weight is 369 g/mol. The van der Waals surface area contributed by atoms with Crippen molar-refractivity contribution in [3.63, 3.8) is 0 Å². The second-order valence-electron chi connectivity index (χ2n) is 7.05. The quantitative estimate of drug-likeness (QED) is 0.566. The van der Waals surface area contributed by atoms with Gasteiger partial charge in [0.15, 0.2) is 0 Å². The summed E-state index contributed by atoms with van der Waals surface area (Å²) in [5, 5.41) is 7.49. The minimum atomic E-state index is -0.219. The Morgan fingerprint density at radius 1 is 1.04 bits per heavy atom. The number of carbonyl (C=O) groups excluding carboxylic acids is 1. The second-order valence-corrected chi connectivity index (χ2v) is 7.05. The molecule has 138 valence electrons. The van der Waals surface area contributed by atoms with Crippen molar-refractivity contribution in [1.82, 2.24) is 15.1 Å². The van der Waals surface area contributed by atoms with Gasteiger partial charge in [-0.05, 0) is 24.6 Å². The van der Waals surface area contributed by atoms with Crippen LogP contribution in [0.2, 0.25) is 0 Å². The summed E-state index contributed by atoms with van der Waals surface area (Å²) in [6.45, 7) is 2.46. The maximum Gasteiger partial charge on any atom is 0.273 e. The number of amides is 1. The van der Waals surface area contributed by atoms with E-state index in [1.54, 1.807) is 6.26 Å². The number of aromatic amines is 1. The number of fused-ring (bicyclic) bond motifs is 1. The lowest BCUT2D eigenvalue weighted by molar-refractivity contribution is 0.0717. The van der Waals surface area contributed by atoms with E-state index in [1.165, 1.54) is 5.56 Å². The van der Waals surface area contributed by atoms with Gasteiger partial charge in [-0.25, -0.2) is 0 Å². The number of nitrogens with zero attached hydrogens (tertiary/aromatic N) is 2. The van der Waals surface area contributed by atoms with Gasteiger partial charge < -0.3 is 9.32 Å². The van der Waals surface area contributed by atoms with E-state index in [9.17, 15) is 4.79 Å². The van der Waals surface area contributed by atoms with Crippen LogP contribution in [0.3, 0.4) is 0 Å². The normalized spacial score (nSPS) is 15.8. The molecule has 5 heteroatoms. The number of hydrogen-bond donors (Lipinski definition) is 1. The van der Waals surface area contributed by atoms with E-state index in [2.05, 4.69) is 29.3 Å². The minimum absolute atomic E-state index is 0.0638. The van der Waals surface area contributed by atoms with Crippen molar-refractivity contribution < 1.29 is 9.21 Å². The predicted molar refractivity (Wildman–Crippen MR) is 106 cm³/mol. The summed E-state index contributed by atoms with van der Waals surface area (Å²) in [6.07, 6.45) is 1.63. The van der Waals surface area contributed by atoms with Gasteiger partial charge in [0.2, 0.25) is 0 Å². The molecule has 1 N–H and O–H groups in total. The molecule has 1 atom stereocenters. The molecular weight excluding hydrogens is 350 g/mol. The molecule has 1 aliphatic rings. The van der Waals surface area contributed by atoms with Crippen molar-refractivity contribution in [3.8, 4) is 11.3 Å². The predicted octanol–water partition coefficient (Wildman–Crippen LogP) is 4.72. The Morgan fingerprint density at radius 2 is 1.82 bits per heavy atom. The molecule has 2 aromatic heterocycles. The van der Waals surface area contributed by atoms with Crippen LogP contribution in [-0.2, 0) is 6.54 Å². The minimum Gasteiger partial charge on any atom is -0.467 e. The Balaban J connectivity index is 1.65. The zero-order chi connectivity index (χ0) is 19.1. The Morgan fingerprint density at radius 3 is 2.54 bits per heavy atom. The molecule has 3 heterocycles. The highest BCUT2D eigenvalue weighted by Gasteiger charge is 2.42. The van der Waals surface area contributed by atoms with Gasteiger partial charge in [-0.15, -0.1) is 0 Å². The van der Waals surface area contributed by atoms with Crippen LogP contribution in [0.5, 0.6) is 0 Å². The summed E-state index contributed by atoms with van der Waals surface area (Å²) in [5.41, 5.74) is 5.53. The molecule has 0 saturated carbocycles. The maximum atomic E-state index is 13.2. The standard InChI is InChI=1S/C23H19N3O2/c1-15-9-11-16(12-10-15)20-19-21(25-24-20)23(27)26(14-18-8-5-13-28-18)22(19)17-6-3-2-4-7-17/h2-13,22H,14H2,1H3,(H,24,25). The van der Waals surface area contributed by atoms with Crippen LogP contribution in [-0.4, -0.2) is 21.0 Å². The van der Waals surface area contributed by atoms with Gasteiger partial charge >= 0.3 is 0 Å². The SMILES string of the molecule is Cc1ccc(-c2n[nH]c3c2C(c2ccccc2)N(Cc2ccco2)C3=O)cc1. The van der Waals surface area contributed by atoms with Crippen molar-refractivity contribution in [2.24, 2.45) is 0 Å². The number of furan rings is 1. The van der Waals surface area contributed by atoms with Crippen molar-refractivity contribution >= 4 is 5.91 Å². The monoisotopic (exact) mass is 369 g/mol. The third-order valence-corrected chi connectivity index (χ3v) is 5.21. The van der Waals surface area contributed by atoms with Crippen molar-refractivity contribution in [3.05, 3.63) is 101 Å². The highest BCUT2D eigenvalue weighted by molar-refractivity contribution is 6.00. The molecule has 0 radical (unpaired) electrons. The van der Waals surface area contributed by atoms with E-state index >= 15 is 0 Å². The van der Waals surface area contributed by atoms with Gasteiger partial charge in [-0.1, -0.05) is 60.2 Å². The third kappa shape index (κ3) is 2.63. The Bertz CT molecular complexity index is 1110. The number of hydrogen-bond acceptors (Lipinski definition) is 3. The van der Waals surface area contributed by atoms with Crippen LogP contribution in [0, 0.1) is 6.92 Å². The number of benzene rings is 2. The molecule has 5 nitrogen and oxygen atoms in total. The summed E-state index contributed by atoms with van der Waals surface area (Å²) < 4.78 is 5.51. The van der Waals surface area contributed by atoms with Crippen LogP contribution in [0.25, 0.3) is 11.3 Å². The Labute approximate surface area is 162 Å². The smallest absolute Gasteiger partial charge is 0.273 e. The van der Waals surface area contributed by atoms with Gasteiger partial charge in [-0.2, -0.15) is 5.10 Å². The van der Waals surface area contributed by atoms with E-state index in [0.29, 0.717) is 12.2 Å². The zero-order valence-electron chi connectivity index (χ0n) is 15.4. The van der Waals surface area contributed by atoms with E-state index in [4.69, 9.17) is 4.42 Å². The van der Waals surface area contributed by atoms with Crippen molar-refractivity contribution in [1.29, 1.82) is 0 Å². The summed E-state index contributed by atoms with van der Waals surface area (Å²) in [7, 11) is 0. The van der Waals surface area contributed by atoms with Crippen LogP contribution in [0.4, 0.5) is 0 Å². The molecular formula is C23H19N3O2. The first kappa shape index (κ1) is 16.6. The fraction of sp³-hybridized carbons (Fsp3) is 0.130. The Kier molecular flexibility index (Phi) is 3.86. The highest BCUT2D eigenvalue weighted by Crippen LogP contribution is 2.43. The molecule has 2 aromatic carbocycles. The lowest BCUT2D eigenvalue weighted by Gasteiger charge is -2.25. The fourth-order valence-corrected chi connectivity index (χ4v) is 3.84. The largest absolute Gasteiger partial charge is 0.467 e. The van der Waals surface area contributed by atoms with E-state index in [0.717, 1.165) is 28.1 Å². The van der Waals surface area contributed by atoms with Crippen LogP contribution >= 0.6 is 0 Å². The van der Waals surface area contributed by atoms with E-state index in [-0.39, 0.29) is 11.9 Å². The molecule has 0 aliphatic carbocycles. The first-order chi connectivity index (χ1) is 13.7. The summed E-state index contributed by atoms with van der Waals surface area (Å²) in [5.74, 6) is 0.690. The Hall–Kier alpha value is -3.60. The molecule has 4 aromatic rings. The lowest BCUT2D eigenvalue weighted by Crippen LogP contribution is -2.28. The summed E-state index contributed by atoms with van der Waals surface area (Å²) >= 11 is 0. The zero-order valence-corrected chi connectivity index (χ0v) is 15.4. The van der Waals surface area contributed by atoms with Crippen LogP contribution in [0.1, 0.15) is 39.0 Å². The average Bonchev–Trinajstić information content (AvgIpc) is 3.43. The van der Waals surface area contributed by atoms with Crippen LogP contribution < -0.4 is 0 Å². The molecule has 1 amide bonds. The fourth-order valence-electron chi connectivity index (χ4n) is 3.84. The van der Waals surface area contributed by atoms with Crippen molar-refractivity contribution in [2.75, 3.05) is 0 Å². The molecule has 5 rings (SSSR count). The summed E-state index contributed by atoms with van der Waals surface area (Å²) in [6, 6.07) is 21.8. The molecule has 1 aliphatic heterocycles. The number of carbonyl (C=O) groups is 1. The highest BCUT2D eigenvalue weighted by atomic mass is 16.3. The molecule has 1 unspecified atom stereocenters. The van der Waals surface area contributed by atoms with Gasteiger partial charge in [0.05, 0.1) is 24.5 Å². The van der Waals surface area contributed by atoms with Gasteiger partial charge in [0.1, 0.15) is 11.5 Å². The number of aryl methyl sites for hydroxylation is 1. The molecule has 0 fully saturated rings. The van der Waals surface area contributed by atoms with E-state index in [1.807, 2.05) is 59.5 Å². The summed E-state index contributed by atoms with van der Waals surface area (Å²) in [4.78, 5) is 15.1. The van der Waals surface area contributed by atoms with Crippen molar-refractivity contribution in [2.45, 2.75) is 19.5 Å². The first-order valence-corrected chi connectivity index (χ1v) is 9.26. The molecule has 0 saturated heterocycles. The number of rotatable bonds is 4. The molecule has 28 heavy (non-hydrogen) atoms. The maximum absolute atomic E-state index is 13.2. The van der Waals surface area contributed by atoms with Gasteiger partial charge in [-0.3, -0.25) is 9.89 Å². The first-order valence-electron chi connectivity index (χ1n) is 9.26. The van der Waals surface area contributed by atoms with Crippen LogP contribution in [0.15, 0.2) is 77.4 Å². The third-order valence-electron chi connectivity index (χ3n) is 5.21. The number of aromatic nitrogens is 2. The second kappa shape index (κ2) is 6.53. The van der Waals surface area contributed by atoms with Gasteiger partial charge in [0.25, 0.3) is 5.91 Å². The number of H-pyrrole nitrogens is 1. The molecule has 0 spiro atoms. The lowest BCUT2D eigenvalue weighted by atomic mass is 9.96. The van der Waals surface area contributed by atoms with E-state index < -0.39 is 0 Å². The molecule has 0 bridgehead atoms. The number of nitrogens with one attached hydrogen (secondary N) is 1. The van der Waals surface area contributed by atoms with Gasteiger partial charge in [0, 0.05) is 11.1 Å².